The van der Waals surface area contributed by atoms with E-state index in [4.69, 9.17) is 0 Å². The number of nitrogens with zero attached hydrogens (tertiary/aromatic N) is 5. The first-order valence-corrected chi connectivity index (χ1v) is 8.65. The van der Waals surface area contributed by atoms with E-state index in [1.165, 1.54) is 0 Å². The van der Waals surface area contributed by atoms with Gasteiger partial charge in [0.1, 0.15) is 0 Å². The van der Waals surface area contributed by atoms with Crippen molar-refractivity contribution in [2.45, 2.75) is 13.8 Å². The van der Waals surface area contributed by atoms with Gasteiger partial charge in [0, 0.05) is 30.2 Å². The topological polar surface area (TPSA) is 75.9 Å². The average molecular weight is 366 g/mol. The smallest absolute Gasteiger partial charge is 0.231 e. The number of nitrogens with one attached hydrogen (secondary N) is 1. The lowest BCUT2D eigenvalue weighted by atomic mass is 9.99. The van der Waals surface area contributed by atoms with Crippen LogP contribution in [0.2, 0.25) is 0 Å². The van der Waals surface area contributed by atoms with Gasteiger partial charge in [-0.05, 0) is 38.1 Å². The molecular formula is C19H19FN6O. The second-order valence-electron chi connectivity index (χ2n) is 6.62. The molecule has 0 saturated carbocycles. The van der Waals surface area contributed by atoms with Crippen LogP contribution in [0.15, 0.2) is 43.0 Å². The molecule has 0 bridgehead atoms. The Kier molecular flexibility index (Phi) is 4.31. The Bertz CT molecular complexity index is 961. The highest BCUT2D eigenvalue weighted by Gasteiger charge is 2.34. The minimum Gasteiger partial charge on any atom is -0.339 e. The van der Waals surface area contributed by atoms with Crippen LogP contribution in [0, 0.1) is 25.6 Å². The van der Waals surface area contributed by atoms with Crippen molar-refractivity contribution in [2.24, 2.45) is 5.92 Å². The SMILES string of the molecule is Cc1ncn(-c2ccc(NC(=O)C3CN(c4ncc(F)cn4)C3)cc2)c1C. The number of aromatic nitrogens is 4. The van der Waals surface area contributed by atoms with Crippen LogP contribution in [0.5, 0.6) is 0 Å². The van der Waals surface area contributed by atoms with Crippen molar-refractivity contribution in [3.8, 4) is 5.69 Å². The highest BCUT2D eigenvalue weighted by atomic mass is 19.1. The fourth-order valence-electron chi connectivity index (χ4n) is 2.99. The van der Waals surface area contributed by atoms with Gasteiger partial charge in [-0.25, -0.2) is 19.3 Å². The molecule has 1 aliphatic heterocycles. The molecule has 7 nitrogen and oxygen atoms in total. The zero-order chi connectivity index (χ0) is 19.0. The van der Waals surface area contributed by atoms with Gasteiger partial charge in [-0.15, -0.1) is 0 Å². The molecule has 8 heteroatoms. The van der Waals surface area contributed by atoms with Crippen LogP contribution in [0.4, 0.5) is 16.0 Å². The quantitative estimate of drug-likeness (QED) is 0.768. The number of imidazole rings is 1. The number of carbonyl (C=O) groups excluding carboxylic acids is 1. The first-order chi connectivity index (χ1) is 13.0. The van der Waals surface area contributed by atoms with Crippen LogP contribution >= 0.6 is 0 Å². The summed E-state index contributed by atoms with van der Waals surface area (Å²) in [6, 6.07) is 7.65. The van der Waals surface area contributed by atoms with E-state index in [-0.39, 0.29) is 11.8 Å². The fourth-order valence-corrected chi connectivity index (χ4v) is 2.99. The molecule has 3 heterocycles. The average Bonchev–Trinajstić information content (AvgIpc) is 2.95. The van der Waals surface area contributed by atoms with E-state index in [2.05, 4.69) is 20.3 Å². The fraction of sp³-hybridized carbons (Fsp3) is 0.263. The maximum atomic E-state index is 12.9. The van der Waals surface area contributed by atoms with Crippen LogP contribution in [-0.4, -0.2) is 38.5 Å². The first-order valence-electron chi connectivity index (χ1n) is 8.65. The molecule has 1 fully saturated rings. The molecular weight excluding hydrogens is 347 g/mol. The van der Waals surface area contributed by atoms with Crippen molar-refractivity contribution in [3.05, 3.63) is 60.2 Å². The second-order valence-corrected chi connectivity index (χ2v) is 6.62. The first kappa shape index (κ1) is 17.1. The molecule has 1 N–H and O–H groups in total. The lowest BCUT2D eigenvalue weighted by Gasteiger charge is -2.38. The predicted molar refractivity (Wildman–Crippen MR) is 99.4 cm³/mol. The van der Waals surface area contributed by atoms with Crippen molar-refractivity contribution < 1.29 is 9.18 Å². The minimum atomic E-state index is -0.474. The van der Waals surface area contributed by atoms with E-state index >= 15 is 0 Å². The molecule has 1 amide bonds. The summed E-state index contributed by atoms with van der Waals surface area (Å²) in [6.07, 6.45) is 4.04. The van der Waals surface area contributed by atoms with E-state index in [9.17, 15) is 9.18 Å². The molecule has 0 atom stereocenters. The Morgan fingerprint density at radius 3 is 2.37 bits per heavy atom. The van der Waals surface area contributed by atoms with E-state index < -0.39 is 5.82 Å². The Morgan fingerprint density at radius 1 is 1.11 bits per heavy atom. The molecule has 1 aliphatic rings. The number of benzene rings is 1. The van der Waals surface area contributed by atoms with Crippen LogP contribution in [-0.2, 0) is 4.79 Å². The number of aryl methyl sites for hydroxylation is 1. The third kappa shape index (κ3) is 3.38. The molecule has 1 saturated heterocycles. The zero-order valence-electron chi connectivity index (χ0n) is 15.1. The monoisotopic (exact) mass is 366 g/mol. The van der Waals surface area contributed by atoms with Gasteiger partial charge >= 0.3 is 0 Å². The highest BCUT2D eigenvalue weighted by molar-refractivity contribution is 5.94. The minimum absolute atomic E-state index is 0.0456. The molecule has 27 heavy (non-hydrogen) atoms. The van der Waals surface area contributed by atoms with Gasteiger partial charge in [0.15, 0.2) is 5.82 Å². The lowest BCUT2D eigenvalue weighted by Crippen LogP contribution is -2.52. The number of hydrogen-bond acceptors (Lipinski definition) is 5. The van der Waals surface area contributed by atoms with Crippen molar-refractivity contribution in [2.75, 3.05) is 23.3 Å². The van der Waals surface area contributed by atoms with Gasteiger partial charge in [0.25, 0.3) is 0 Å². The lowest BCUT2D eigenvalue weighted by molar-refractivity contribution is -0.120. The van der Waals surface area contributed by atoms with Gasteiger partial charge < -0.3 is 14.8 Å². The van der Waals surface area contributed by atoms with Crippen molar-refractivity contribution >= 4 is 17.5 Å². The molecule has 0 radical (unpaired) electrons. The summed E-state index contributed by atoms with van der Waals surface area (Å²) in [6.45, 7) is 5.02. The Morgan fingerprint density at radius 2 is 1.78 bits per heavy atom. The molecule has 0 aliphatic carbocycles. The maximum absolute atomic E-state index is 12.9. The molecule has 1 aromatic carbocycles. The molecule has 0 unspecified atom stereocenters. The second kappa shape index (κ2) is 6.79. The third-order valence-electron chi connectivity index (χ3n) is 4.81. The van der Waals surface area contributed by atoms with Crippen LogP contribution in [0.3, 0.4) is 0 Å². The number of carbonyl (C=O) groups is 1. The maximum Gasteiger partial charge on any atom is 0.231 e. The van der Waals surface area contributed by atoms with Crippen molar-refractivity contribution in [1.29, 1.82) is 0 Å². The van der Waals surface area contributed by atoms with E-state index in [1.807, 2.05) is 47.6 Å². The highest BCUT2D eigenvalue weighted by Crippen LogP contribution is 2.23. The van der Waals surface area contributed by atoms with Crippen LogP contribution in [0.25, 0.3) is 5.69 Å². The summed E-state index contributed by atoms with van der Waals surface area (Å²) < 4.78 is 14.9. The van der Waals surface area contributed by atoms with Gasteiger partial charge in [-0.3, -0.25) is 4.79 Å². The normalized spacial score (nSPS) is 14.1. The third-order valence-corrected chi connectivity index (χ3v) is 4.81. The van der Waals surface area contributed by atoms with Gasteiger partial charge in [0.2, 0.25) is 11.9 Å². The van der Waals surface area contributed by atoms with Gasteiger partial charge in [0.05, 0.1) is 30.3 Å². The summed E-state index contributed by atoms with van der Waals surface area (Å²) in [4.78, 5) is 26.4. The number of rotatable bonds is 4. The summed E-state index contributed by atoms with van der Waals surface area (Å²) >= 11 is 0. The summed E-state index contributed by atoms with van der Waals surface area (Å²) in [5.74, 6) is -0.221. The molecule has 2 aromatic heterocycles. The predicted octanol–water partition coefficient (Wildman–Crippen LogP) is 2.49. The Hall–Kier alpha value is -3.29. The Balaban J connectivity index is 1.35. The summed E-state index contributed by atoms with van der Waals surface area (Å²) in [7, 11) is 0. The van der Waals surface area contributed by atoms with Gasteiger partial charge in [-0.2, -0.15) is 0 Å². The molecule has 0 spiro atoms. The largest absolute Gasteiger partial charge is 0.339 e. The summed E-state index contributed by atoms with van der Waals surface area (Å²) in [5.41, 5.74) is 3.82. The standard InChI is InChI=1S/C19H19FN6O/c1-12-13(2)26(11-23-12)17-5-3-16(4-6-17)24-18(27)14-9-25(10-14)19-21-7-15(20)8-22-19/h3-8,11,14H,9-10H2,1-2H3,(H,24,27). The van der Waals surface area contributed by atoms with E-state index in [0.29, 0.717) is 19.0 Å². The van der Waals surface area contributed by atoms with Crippen LogP contribution < -0.4 is 10.2 Å². The van der Waals surface area contributed by atoms with Crippen molar-refractivity contribution in [3.63, 3.8) is 0 Å². The number of amides is 1. The van der Waals surface area contributed by atoms with E-state index in [1.54, 1.807) is 6.33 Å². The summed E-state index contributed by atoms with van der Waals surface area (Å²) in [5, 5.41) is 2.93. The number of anilines is 2. The zero-order valence-corrected chi connectivity index (χ0v) is 15.1. The van der Waals surface area contributed by atoms with E-state index in [0.717, 1.165) is 35.2 Å². The number of hydrogen-bond donors (Lipinski definition) is 1. The Labute approximate surface area is 155 Å². The molecule has 3 aromatic rings. The molecule has 4 rings (SSSR count). The number of halogens is 1. The van der Waals surface area contributed by atoms with Crippen molar-refractivity contribution in [1.82, 2.24) is 19.5 Å². The molecule has 138 valence electrons. The van der Waals surface area contributed by atoms with Crippen LogP contribution in [0.1, 0.15) is 11.4 Å². The van der Waals surface area contributed by atoms with Gasteiger partial charge in [-0.1, -0.05) is 0 Å².